The van der Waals surface area contributed by atoms with Crippen LogP contribution in [0.4, 0.5) is 0 Å². The number of aryl methyl sites for hydroxylation is 1. The molecule has 1 amide bonds. The van der Waals surface area contributed by atoms with Gasteiger partial charge in [0, 0.05) is 6.54 Å². The molecule has 6 nitrogen and oxygen atoms in total. The van der Waals surface area contributed by atoms with E-state index in [9.17, 15) is 4.79 Å². The smallest absolute Gasteiger partial charge is 0.241 e. The lowest BCUT2D eigenvalue weighted by Crippen LogP contribution is -2.36. The van der Waals surface area contributed by atoms with Crippen LogP contribution >= 0.6 is 0 Å². The summed E-state index contributed by atoms with van der Waals surface area (Å²) < 4.78 is 1.63. The minimum atomic E-state index is -0.0716. The Labute approximate surface area is 153 Å². The summed E-state index contributed by atoms with van der Waals surface area (Å²) in [7, 11) is 4.05. The largest absolute Gasteiger partial charge is 0.353 e. The van der Waals surface area contributed by atoms with Crippen molar-refractivity contribution in [3.63, 3.8) is 0 Å². The number of nitrogens with zero attached hydrogens (tertiary/aromatic N) is 4. The number of hydrogen-bond donors (Lipinski definition) is 1. The third-order valence-corrected chi connectivity index (χ3v) is 4.60. The molecule has 1 heterocycles. The molecule has 1 unspecified atom stereocenters. The fourth-order valence-electron chi connectivity index (χ4n) is 3.01. The molecular weight excluding hydrogens is 326 g/mol. The molecule has 0 aliphatic carbocycles. The third kappa shape index (κ3) is 4.08. The predicted molar refractivity (Wildman–Crippen MR) is 103 cm³/mol. The zero-order valence-electron chi connectivity index (χ0n) is 15.5. The zero-order valence-corrected chi connectivity index (χ0v) is 15.5. The Hall–Kier alpha value is -2.73. The van der Waals surface area contributed by atoms with Crippen molar-refractivity contribution in [2.75, 3.05) is 20.6 Å². The lowest BCUT2D eigenvalue weighted by atomic mass is 10.0. The summed E-state index contributed by atoms with van der Waals surface area (Å²) in [6, 6.07) is 16.3. The van der Waals surface area contributed by atoms with Crippen LogP contribution in [0.5, 0.6) is 0 Å². The Morgan fingerprint density at radius 2 is 1.88 bits per heavy atom. The molecule has 3 aromatic rings. The molecule has 1 atom stereocenters. The molecule has 2 aromatic carbocycles. The van der Waals surface area contributed by atoms with E-state index in [0.29, 0.717) is 6.54 Å². The topological polar surface area (TPSA) is 63.1 Å². The van der Waals surface area contributed by atoms with Gasteiger partial charge < -0.3 is 10.2 Å². The van der Waals surface area contributed by atoms with Gasteiger partial charge in [-0.25, -0.2) is 4.68 Å². The number of nitrogens with one attached hydrogen (secondary N) is 1. The second-order valence-corrected chi connectivity index (χ2v) is 6.61. The Balaban J connectivity index is 1.64. The van der Waals surface area contributed by atoms with Crippen molar-refractivity contribution < 1.29 is 4.79 Å². The van der Waals surface area contributed by atoms with Crippen LogP contribution in [0.1, 0.15) is 24.1 Å². The lowest BCUT2D eigenvalue weighted by Gasteiger charge is -2.25. The quantitative estimate of drug-likeness (QED) is 0.710. The van der Waals surface area contributed by atoms with Crippen molar-refractivity contribution in [3.8, 4) is 0 Å². The average Bonchev–Trinajstić information content (AvgIpc) is 3.05. The van der Waals surface area contributed by atoms with Gasteiger partial charge in [0.15, 0.2) is 0 Å². The van der Waals surface area contributed by atoms with Crippen LogP contribution in [0.25, 0.3) is 11.0 Å². The van der Waals surface area contributed by atoms with Crippen LogP contribution in [0.2, 0.25) is 0 Å². The molecular formula is C20H25N5O. The highest BCUT2D eigenvalue weighted by Crippen LogP contribution is 2.18. The number of carbonyl (C=O) groups is 1. The lowest BCUT2D eigenvalue weighted by molar-refractivity contribution is -0.122. The van der Waals surface area contributed by atoms with Gasteiger partial charge in [-0.05, 0) is 43.8 Å². The van der Waals surface area contributed by atoms with Gasteiger partial charge in [0.1, 0.15) is 12.1 Å². The normalized spacial score (nSPS) is 12.5. The fourth-order valence-corrected chi connectivity index (χ4v) is 3.01. The molecule has 0 spiro atoms. The number of para-hydroxylation sites is 1. The van der Waals surface area contributed by atoms with Crippen molar-refractivity contribution in [2.45, 2.75) is 25.9 Å². The fraction of sp³-hybridized carbons (Fsp3) is 0.350. The van der Waals surface area contributed by atoms with Crippen molar-refractivity contribution in [3.05, 3.63) is 59.7 Å². The Morgan fingerprint density at radius 3 is 2.58 bits per heavy atom. The molecule has 1 N–H and O–H groups in total. The van der Waals surface area contributed by atoms with E-state index in [4.69, 9.17) is 0 Å². The molecule has 0 aliphatic rings. The summed E-state index contributed by atoms with van der Waals surface area (Å²) in [5, 5.41) is 11.2. The van der Waals surface area contributed by atoms with Gasteiger partial charge in [0.05, 0.1) is 11.6 Å². The van der Waals surface area contributed by atoms with Crippen LogP contribution in [0.15, 0.2) is 48.5 Å². The molecule has 1 aromatic heterocycles. The first-order chi connectivity index (χ1) is 12.6. The van der Waals surface area contributed by atoms with Crippen molar-refractivity contribution in [2.24, 2.45) is 0 Å². The van der Waals surface area contributed by atoms with E-state index in [0.717, 1.165) is 17.5 Å². The summed E-state index contributed by atoms with van der Waals surface area (Å²) >= 11 is 0. The first kappa shape index (κ1) is 18.1. The van der Waals surface area contributed by atoms with Gasteiger partial charge in [-0.1, -0.05) is 48.5 Å². The van der Waals surface area contributed by atoms with Crippen LogP contribution in [-0.4, -0.2) is 46.4 Å². The van der Waals surface area contributed by atoms with E-state index < -0.39 is 0 Å². The molecule has 0 fully saturated rings. The molecule has 0 radical (unpaired) electrons. The molecule has 3 rings (SSSR count). The van der Waals surface area contributed by atoms with E-state index in [2.05, 4.69) is 51.7 Å². The second-order valence-electron chi connectivity index (χ2n) is 6.61. The number of benzene rings is 2. The summed E-state index contributed by atoms with van der Waals surface area (Å²) in [6.07, 6.45) is 1.02. The summed E-state index contributed by atoms with van der Waals surface area (Å²) in [4.78, 5) is 14.5. The van der Waals surface area contributed by atoms with E-state index in [1.165, 1.54) is 11.1 Å². The summed E-state index contributed by atoms with van der Waals surface area (Å²) in [5.41, 5.74) is 4.16. The molecule has 26 heavy (non-hydrogen) atoms. The van der Waals surface area contributed by atoms with Gasteiger partial charge in [0.25, 0.3) is 0 Å². The highest BCUT2D eigenvalue weighted by atomic mass is 16.2. The van der Waals surface area contributed by atoms with E-state index in [-0.39, 0.29) is 18.5 Å². The van der Waals surface area contributed by atoms with Crippen LogP contribution in [0, 0.1) is 0 Å². The average molecular weight is 351 g/mol. The molecule has 136 valence electrons. The van der Waals surface area contributed by atoms with E-state index in [1.807, 2.05) is 38.4 Å². The van der Waals surface area contributed by atoms with Gasteiger partial charge in [-0.2, -0.15) is 0 Å². The zero-order chi connectivity index (χ0) is 18.5. The first-order valence-corrected chi connectivity index (χ1v) is 8.88. The van der Waals surface area contributed by atoms with Crippen LogP contribution < -0.4 is 5.32 Å². The third-order valence-electron chi connectivity index (χ3n) is 4.60. The Morgan fingerprint density at radius 1 is 1.15 bits per heavy atom. The minimum Gasteiger partial charge on any atom is -0.353 e. The van der Waals surface area contributed by atoms with E-state index >= 15 is 0 Å². The van der Waals surface area contributed by atoms with Crippen LogP contribution in [-0.2, 0) is 17.8 Å². The second kappa shape index (κ2) is 8.10. The number of fused-ring (bicyclic) bond motifs is 1. The number of hydrogen-bond acceptors (Lipinski definition) is 4. The maximum atomic E-state index is 12.4. The van der Waals surface area contributed by atoms with E-state index in [1.54, 1.807) is 4.68 Å². The minimum absolute atomic E-state index is 0.0716. The van der Waals surface area contributed by atoms with Crippen molar-refractivity contribution >= 4 is 16.9 Å². The summed E-state index contributed by atoms with van der Waals surface area (Å²) in [6.45, 7) is 2.85. The number of likely N-dealkylation sites (N-methyl/N-ethyl adjacent to an activating group) is 1. The Kier molecular flexibility index (Phi) is 5.63. The monoisotopic (exact) mass is 351 g/mol. The standard InChI is InChI=1S/C20H25N5O/c1-4-15-9-11-16(12-10-15)19(24(2)3)13-21-20(26)14-25-18-8-6-5-7-17(18)22-23-25/h5-12,19H,4,13-14H2,1-3H3,(H,21,26). The number of rotatable bonds is 7. The van der Waals surface area contributed by atoms with Crippen LogP contribution in [0.3, 0.4) is 0 Å². The highest BCUT2D eigenvalue weighted by molar-refractivity contribution is 5.79. The summed E-state index contributed by atoms with van der Waals surface area (Å²) in [5.74, 6) is -0.0716. The van der Waals surface area contributed by atoms with Gasteiger partial charge in [-0.15, -0.1) is 5.10 Å². The van der Waals surface area contributed by atoms with Crippen molar-refractivity contribution in [1.82, 2.24) is 25.2 Å². The molecule has 0 aliphatic heterocycles. The SMILES string of the molecule is CCc1ccc(C(CNC(=O)Cn2nnc3ccccc32)N(C)C)cc1. The maximum absolute atomic E-state index is 12.4. The van der Waals surface area contributed by atoms with Crippen molar-refractivity contribution in [1.29, 1.82) is 0 Å². The Bertz CT molecular complexity index is 869. The number of aromatic nitrogens is 3. The predicted octanol–water partition coefficient (Wildman–Crippen LogP) is 2.41. The molecule has 6 heteroatoms. The molecule has 0 bridgehead atoms. The van der Waals surface area contributed by atoms with Gasteiger partial charge in [-0.3, -0.25) is 4.79 Å². The first-order valence-electron chi connectivity index (χ1n) is 8.88. The number of amides is 1. The maximum Gasteiger partial charge on any atom is 0.241 e. The molecule has 0 saturated carbocycles. The molecule has 0 saturated heterocycles. The number of carbonyl (C=O) groups excluding carboxylic acids is 1. The van der Waals surface area contributed by atoms with Gasteiger partial charge in [0.2, 0.25) is 5.91 Å². The van der Waals surface area contributed by atoms with Gasteiger partial charge >= 0.3 is 0 Å². The highest BCUT2D eigenvalue weighted by Gasteiger charge is 2.16.